The molecule has 144 valence electrons. The summed E-state index contributed by atoms with van der Waals surface area (Å²) in [6.07, 6.45) is 0.955. The molecule has 5 heteroatoms. The third-order valence-corrected chi connectivity index (χ3v) is 5.03. The van der Waals surface area contributed by atoms with Crippen molar-refractivity contribution in [2.45, 2.75) is 43.9 Å². The average Bonchev–Trinajstić information content (AvgIpc) is 3.02. The van der Waals surface area contributed by atoms with Crippen molar-refractivity contribution in [1.82, 2.24) is 0 Å². The number of nitrogens with zero attached hydrogens (tertiary/aromatic N) is 1. The lowest BCUT2D eigenvalue weighted by atomic mass is 9.89. The fourth-order valence-corrected chi connectivity index (χ4v) is 3.65. The van der Waals surface area contributed by atoms with Crippen LogP contribution in [0.5, 0.6) is 5.75 Å². The fraction of sp³-hybridized carbons (Fsp3) is 0.364. The Kier molecular flexibility index (Phi) is 5.51. The van der Waals surface area contributed by atoms with E-state index in [9.17, 15) is 5.11 Å². The molecule has 0 saturated heterocycles. The zero-order chi connectivity index (χ0) is 19.5. The minimum atomic E-state index is -3.55. The van der Waals surface area contributed by atoms with E-state index < -0.39 is 17.8 Å². The number of benzene rings is 2. The van der Waals surface area contributed by atoms with Gasteiger partial charge in [-0.15, -0.1) is 6.58 Å². The van der Waals surface area contributed by atoms with E-state index in [-0.39, 0.29) is 18.5 Å². The first-order chi connectivity index (χ1) is 13.0. The van der Waals surface area contributed by atoms with E-state index in [1.54, 1.807) is 48.5 Å². The Labute approximate surface area is 158 Å². The van der Waals surface area contributed by atoms with Crippen LogP contribution < -0.4 is 9.64 Å². The van der Waals surface area contributed by atoms with Gasteiger partial charge in [0.1, 0.15) is 11.9 Å². The molecule has 0 aliphatic carbocycles. The van der Waals surface area contributed by atoms with Gasteiger partial charge in [-0.25, -0.2) is 0 Å². The predicted octanol–water partition coefficient (Wildman–Crippen LogP) is 5.33. The van der Waals surface area contributed by atoms with E-state index >= 15 is 8.78 Å². The molecule has 0 aromatic heterocycles. The van der Waals surface area contributed by atoms with Crippen molar-refractivity contribution < 1.29 is 18.6 Å². The number of halogens is 2. The molecule has 2 aromatic rings. The third-order valence-electron chi connectivity index (χ3n) is 5.03. The molecular formula is C22H25F2NO2. The lowest BCUT2D eigenvalue weighted by Gasteiger charge is -2.45. The molecule has 0 radical (unpaired) electrons. The van der Waals surface area contributed by atoms with Crippen LogP contribution in [0.1, 0.15) is 37.9 Å². The number of aliphatic hydroxyl groups excluding tert-OH is 1. The first kappa shape index (κ1) is 19.4. The molecule has 0 spiro atoms. The summed E-state index contributed by atoms with van der Waals surface area (Å²) in [4.78, 5) is 1.54. The van der Waals surface area contributed by atoms with Gasteiger partial charge in [-0.3, -0.25) is 0 Å². The Morgan fingerprint density at radius 2 is 1.85 bits per heavy atom. The highest BCUT2D eigenvalue weighted by Gasteiger charge is 2.66. The molecule has 2 aromatic carbocycles. The van der Waals surface area contributed by atoms with Gasteiger partial charge in [0.15, 0.2) is 0 Å². The molecule has 0 saturated carbocycles. The summed E-state index contributed by atoms with van der Waals surface area (Å²) in [5, 5.41) is 10.7. The van der Waals surface area contributed by atoms with Gasteiger partial charge in [-0.05, 0) is 24.1 Å². The number of alkyl halides is 2. The van der Waals surface area contributed by atoms with Gasteiger partial charge >= 0.3 is 5.92 Å². The van der Waals surface area contributed by atoms with Crippen LogP contribution in [-0.2, 0) is 0 Å². The monoisotopic (exact) mass is 373 g/mol. The van der Waals surface area contributed by atoms with Crippen LogP contribution in [0.3, 0.4) is 0 Å². The van der Waals surface area contributed by atoms with E-state index in [0.29, 0.717) is 17.9 Å². The maximum atomic E-state index is 15.9. The van der Waals surface area contributed by atoms with Crippen molar-refractivity contribution in [2.24, 2.45) is 0 Å². The van der Waals surface area contributed by atoms with Crippen molar-refractivity contribution >= 4 is 5.69 Å². The van der Waals surface area contributed by atoms with Crippen molar-refractivity contribution in [1.29, 1.82) is 0 Å². The maximum absolute atomic E-state index is 15.9. The molecule has 0 fully saturated rings. The third kappa shape index (κ3) is 3.21. The van der Waals surface area contributed by atoms with E-state index in [0.717, 1.165) is 6.42 Å². The Morgan fingerprint density at radius 3 is 2.52 bits per heavy atom. The van der Waals surface area contributed by atoms with Crippen LogP contribution in [0.15, 0.2) is 67.3 Å². The number of fused-ring (bicyclic) bond motifs is 1. The maximum Gasteiger partial charge on any atom is 0.334 e. The molecule has 2 atom stereocenters. The molecule has 3 rings (SSSR count). The number of hydrogen-bond donors (Lipinski definition) is 1. The molecule has 1 aliphatic heterocycles. The average molecular weight is 373 g/mol. The topological polar surface area (TPSA) is 32.7 Å². The second kappa shape index (κ2) is 7.69. The van der Waals surface area contributed by atoms with Gasteiger partial charge in [0, 0.05) is 13.0 Å². The Morgan fingerprint density at radius 1 is 1.19 bits per heavy atom. The van der Waals surface area contributed by atoms with E-state index in [1.165, 1.54) is 17.0 Å². The normalized spacial score (nSPS) is 20.1. The van der Waals surface area contributed by atoms with Crippen molar-refractivity contribution in [3.05, 3.63) is 72.8 Å². The SMILES string of the molecule is C=CCN1c2ccccc2OC1(CCCC)C(F)(F)C(O)c1ccccc1. The van der Waals surface area contributed by atoms with E-state index in [4.69, 9.17) is 4.74 Å². The van der Waals surface area contributed by atoms with Crippen LogP contribution >= 0.6 is 0 Å². The zero-order valence-corrected chi connectivity index (χ0v) is 15.4. The molecule has 27 heavy (non-hydrogen) atoms. The Hall–Kier alpha value is -2.40. The summed E-state index contributed by atoms with van der Waals surface area (Å²) < 4.78 is 37.7. The minimum Gasteiger partial charge on any atom is -0.459 e. The van der Waals surface area contributed by atoms with E-state index in [1.807, 2.05) is 6.92 Å². The second-order valence-corrected chi connectivity index (χ2v) is 6.79. The highest BCUT2D eigenvalue weighted by atomic mass is 19.3. The smallest absolute Gasteiger partial charge is 0.334 e. The quantitative estimate of drug-likeness (QED) is 0.635. The molecule has 0 bridgehead atoms. The van der Waals surface area contributed by atoms with Gasteiger partial charge in [0.05, 0.1) is 5.69 Å². The summed E-state index contributed by atoms with van der Waals surface area (Å²) >= 11 is 0. The summed E-state index contributed by atoms with van der Waals surface area (Å²) in [7, 11) is 0. The molecule has 1 N–H and O–H groups in total. The molecule has 1 heterocycles. The highest BCUT2D eigenvalue weighted by molar-refractivity contribution is 5.65. The fourth-order valence-electron chi connectivity index (χ4n) is 3.65. The summed E-state index contributed by atoms with van der Waals surface area (Å²) in [6.45, 7) is 5.86. The minimum absolute atomic E-state index is 0.0862. The summed E-state index contributed by atoms with van der Waals surface area (Å²) in [5.41, 5.74) is -1.22. The Bertz CT molecular complexity index is 781. The zero-order valence-electron chi connectivity index (χ0n) is 15.4. The van der Waals surface area contributed by atoms with Gasteiger partial charge in [-0.2, -0.15) is 8.78 Å². The first-order valence-corrected chi connectivity index (χ1v) is 9.25. The number of hydrogen-bond acceptors (Lipinski definition) is 3. The summed E-state index contributed by atoms with van der Waals surface area (Å²) in [6, 6.07) is 15.0. The molecular weight excluding hydrogens is 348 g/mol. The first-order valence-electron chi connectivity index (χ1n) is 9.25. The molecule has 1 aliphatic rings. The van der Waals surface area contributed by atoms with Gasteiger partial charge in [-0.1, -0.05) is 61.9 Å². The predicted molar refractivity (Wildman–Crippen MR) is 103 cm³/mol. The van der Waals surface area contributed by atoms with Crippen molar-refractivity contribution in [3.8, 4) is 5.75 Å². The second-order valence-electron chi connectivity index (χ2n) is 6.79. The van der Waals surface area contributed by atoms with Crippen molar-refractivity contribution in [3.63, 3.8) is 0 Å². The van der Waals surface area contributed by atoms with Gasteiger partial charge < -0.3 is 14.7 Å². The lowest BCUT2D eigenvalue weighted by molar-refractivity contribution is -0.219. The number of para-hydroxylation sites is 2. The van der Waals surface area contributed by atoms with Gasteiger partial charge in [0.2, 0.25) is 5.72 Å². The largest absolute Gasteiger partial charge is 0.459 e. The van der Waals surface area contributed by atoms with E-state index in [2.05, 4.69) is 6.58 Å². The number of ether oxygens (including phenoxy) is 1. The number of unbranched alkanes of at least 4 members (excludes halogenated alkanes) is 1. The highest BCUT2D eigenvalue weighted by Crippen LogP contribution is 2.54. The van der Waals surface area contributed by atoms with Crippen LogP contribution in [0, 0.1) is 0 Å². The molecule has 0 amide bonds. The van der Waals surface area contributed by atoms with Crippen molar-refractivity contribution in [2.75, 3.05) is 11.4 Å². The van der Waals surface area contributed by atoms with Crippen LogP contribution in [0.25, 0.3) is 0 Å². The lowest BCUT2D eigenvalue weighted by Crippen LogP contribution is -2.64. The summed E-state index contributed by atoms with van der Waals surface area (Å²) in [5.74, 6) is -3.15. The number of aliphatic hydroxyl groups is 1. The van der Waals surface area contributed by atoms with Crippen LogP contribution in [0.4, 0.5) is 14.5 Å². The molecule has 2 unspecified atom stereocenters. The Balaban J connectivity index is 2.10. The molecule has 3 nitrogen and oxygen atoms in total. The van der Waals surface area contributed by atoms with Crippen LogP contribution in [-0.4, -0.2) is 23.3 Å². The van der Waals surface area contributed by atoms with Crippen LogP contribution in [0.2, 0.25) is 0 Å². The standard InChI is InChI=1S/C22H25F2NO2/c1-3-5-15-21(22(23,24)20(26)17-11-7-6-8-12-17)25(16-4-2)18-13-9-10-14-19(18)27-21/h4,6-14,20,26H,2-3,5,15-16H2,1H3. The van der Waals surface area contributed by atoms with Gasteiger partial charge in [0.25, 0.3) is 0 Å². The number of anilines is 1. The number of rotatable bonds is 8.